The fraction of sp³-hybridized carbons (Fsp3) is 0.250. The second kappa shape index (κ2) is 7.23. The highest BCUT2D eigenvalue weighted by molar-refractivity contribution is 6.06. The van der Waals surface area contributed by atoms with Crippen molar-refractivity contribution >= 4 is 28.2 Å². The van der Waals surface area contributed by atoms with Crippen molar-refractivity contribution < 1.29 is 18.0 Å². The van der Waals surface area contributed by atoms with E-state index in [-0.39, 0.29) is 16.6 Å². The first-order valence-corrected chi connectivity index (χ1v) is 9.07. The molecular formula is C20H17F3N4O2. The topological polar surface area (TPSA) is 78.1 Å². The van der Waals surface area contributed by atoms with Gasteiger partial charge < -0.3 is 15.2 Å². The molecule has 150 valence electrons. The van der Waals surface area contributed by atoms with E-state index in [0.717, 1.165) is 18.9 Å². The van der Waals surface area contributed by atoms with Crippen molar-refractivity contribution in [2.45, 2.75) is 19.0 Å². The van der Waals surface area contributed by atoms with Gasteiger partial charge in [-0.15, -0.1) is 0 Å². The third kappa shape index (κ3) is 3.67. The molecule has 6 nitrogen and oxygen atoms in total. The van der Waals surface area contributed by atoms with E-state index in [1.807, 2.05) is 4.90 Å². The van der Waals surface area contributed by atoms with E-state index in [1.165, 1.54) is 30.7 Å². The Hall–Kier alpha value is -3.36. The van der Waals surface area contributed by atoms with Gasteiger partial charge in [0.2, 0.25) is 5.43 Å². The number of pyridine rings is 2. The third-order valence-corrected chi connectivity index (χ3v) is 4.95. The number of rotatable bonds is 3. The number of amides is 1. The fourth-order valence-corrected chi connectivity index (χ4v) is 3.47. The Morgan fingerprint density at radius 1 is 1.17 bits per heavy atom. The number of halogens is 3. The molecule has 1 saturated heterocycles. The molecule has 0 spiro atoms. The smallest absolute Gasteiger partial charge is 0.372 e. The number of hydrogen-bond donors (Lipinski definition) is 2. The maximum Gasteiger partial charge on any atom is 0.418 e. The predicted octanol–water partition coefficient (Wildman–Crippen LogP) is 3.79. The SMILES string of the molecule is O=C(Nc1ccc(N2CCCC2)cc1C(F)(F)F)c1c[nH]c2cnccc2c1=O. The van der Waals surface area contributed by atoms with Gasteiger partial charge in [0.1, 0.15) is 5.56 Å². The molecule has 1 fully saturated rings. The van der Waals surface area contributed by atoms with Crippen LogP contribution in [0.15, 0.2) is 47.7 Å². The van der Waals surface area contributed by atoms with Crippen LogP contribution in [0.4, 0.5) is 24.5 Å². The Balaban J connectivity index is 1.69. The van der Waals surface area contributed by atoms with Crippen LogP contribution >= 0.6 is 0 Å². The van der Waals surface area contributed by atoms with Crippen molar-refractivity contribution in [3.8, 4) is 0 Å². The minimum Gasteiger partial charge on any atom is -0.372 e. The van der Waals surface area contributed by atoms with Gasteiger partial charge in [-0.1, -0.05) is 0 Å². The van der Waals surface area contributed by atoms with Crippen LogP contribution in [0.2, 0.25) is 0 Å². The minimum atomic E-state index is -4.65. The van der Waals surface area contributed by atoms with Crippen LogP contribution in [0, 0.1) is 0 Å². The largest absolute Gasteiger partial charge is 0.418 e. The van der Waals surface area contributed by atoms with Crippen molar-refractivity contribution in [2.24, 2.45) is 0 Å². The first kappa shape index (κ1) is 19.0. The first-order chi connectivity index (χ1) is 13.8. The van der Waals surface area contributed by atoms with E-state index in [2.05, 4.69) is 15.3 Å². The Morgan fingerprint density at radius 2 is 1.93 bits per heavy atom. The third-order valence-electron chi connectivity index (χ3n) is 4.95. The van der Waals surface area contributed by atoms with Gasteiger partial charge >= 0.3 is 6.18 Å². The zero-order chi connectivity index (χ0) is 20.6. The Kier molecular flexibility index (Phi) is 4.73. The van der Waals surface area contributed by atoms with Gasteiger partial charge in [0.05, 0.1) is 23.0 Å². The number of aromatic nitrogens is 2. The van der Waals surface area contributed by atoms with Crippen LogP contribution in [0.5, 0.6) is 0 Å². The highest BCUT2D eigenvalue weighted by Crippen LogP contribution is 2.38. The molecule has 0 atom stereocenters. The summed E-state index contributed by atoms with van der Waals surface area (Å²) in [6.07, 6.45) is 1.21. The van der Waals surface area contributed by atoms with E-state index in [9.17, 15) is 22.8 Å². The summed E-state index contributed by atoms with van der Waals surface area (Å²) in [5.74, 6) is -0.913. The van der Waals surface area contributed by atoms with Crippen molar-refractivity contribution in [1.82, 2.24) is 9.97 Å². The summed E-state index contributed by atoms with van der Waals surface area (Å²) in [7, 11) is 0. The lowest BCUT2D eigenvalue weighted by Crippen LogP contribution is -2.24. The standard InChI is InChI=1S/C20H17F3N4O2/c21-20(22,23)15-9-12(27-7-1-2-8-27)3-4-16(15)26-19(29)14-10-25-17-11-24-6-5-13(17)18(14)28/h3-6,9-11H,1-2,7-8H2,(H,25,28)(H,26,29). The molecule has 0 saturated carbocycles. The fourth-order valence-electron chi connectivity index (χ4n) is 3.47. The summed E-state index contributed by atoms with van der Waals surface area (Å²) in [6, 6.07) is 5.26. The van der Waals surface area contributed by atoms with Gasteiger partial charge in [0, 0.05) is 36.6 Å². The van der Waals surface area contributed by atoms with Crippen LogP contribution in [0.1, 0.15) is 28.8 Å². The lowest BCUT2D eigenvalue weighted by Gasteiger charge is -2.21. The molecule has 2 aromatic heterocycles. The number of nitrogens with zero attached hydrogens (tertiary/aromatic N) is 2. The zero-order valence-electron chi connectivity index (χ0n) is 15.2. The molecule has 1 aromatic carbocycles. The van der Waals surface area contributed by atoms with E-state index < -0.39 is 23.1 Å². The van der Waals surface area contributed by atoms with Crippen molar-refractivity contribution in [2.75, 3.05) is 23.3 Å². The molecule has 2 N–H and O–H groups in total. The molecule has 1 aliphatic heterocycles. The molecular weight excluding hydrogens is 385 g/mol. The van der Waals surface area contributed by atoms with Gasteiger partial charge in [-0.05, 0) is 37.1 Å². The lowest BCUT2D eigenvalue weighted by atomic mass is 10.1. The molecule has 9 heteroatoms. The predicted molar refractivity (Wildman–Crippen MR) is 103 cm³/mol. The van der Waals surface area contributed by atoms with Crippen LogP contribution in [0.3, 0.4) is 0 Å². The molecule has 29 heavy (non-hydrogen) atoms. The van der Waals surface area contributed by atoms with E-state index in [1.54, 1.807) is 6.07 Å². The number of carbonyl (C=O) groups excluding carboxylic acids is 1. The molecule has 0 aliphatic carbocycles. The maximum absolute atomic E-state index is 13.6. The number of alkyl halides is 3. The average Bonchev–Trinajstić information content (AvgIpc) is 3.22. The Labute approximate surface area is 163 Å². The van der Waals surface area contributed by atoms with Gasteiger partial charge in [-0.3, -0.25) is 14.6 Å². The van der Waals surface area contributed by atoms with Gasteiger partial charge in [-0.25, -0.2) is 0 Å². The highest BCUT2D eigenvalue weighted by atomic mass is 19.4. The van der Waals surface area contributed by atoms with Crippen LogP contribution in [0.25, 0.3) is 10.9 Å². The average molecular weight is 402 g/mol. The summed E-state index contributed by atoms with van der Waals surface area (Å²) in [4.78, 5) is 33.6. The second-order valence-corrected chi connectivity index (χ2v) is 6.83. The molecule has 4 rings (SSSR count). The van der Waals surface area contributed by atoms with E-state index in [4.69, 9.17) is 0 Å². The van der Waals surface area contributed by atoms with Crippen LogP contribution in [-0.4, -0.2) is 29.0 Å². The molecule has 3 aromatic rings. The summed E-state index contributed by atoms with van der Waals surface area (Å²) in [5.41, 5.74) is -1.30. The molecule has 0 bridgehead atoms. The quantitative estimate of drug-likeness (QED) is 0.699. The first-order valence-electron chi connectivity index (χ1n) is 9.07. The molecule has 1 aliphatic rings. The van der Waals surface area contributed by atoms with Gasteiger partial charge in [0.25, 0.3) is 5.91 Å². The number of carbonyl (C=O) groups is 1. The molecule has 0 radical (unpaired) electrons. The monoisotopic (exact) mass is 402 g/mol. The summed E-state index contributed by atoms with van der Waals surface area (Å²) in [5, 5.41) is 2.47. The Bertz CT molecular complexity index is 1130. The summed E-state index contributed by atoms with van der Waals surface area (Å²) >= 11 is 0. The number of aromatic amines is 1. The zero-order valence-corrected chi connectivity index (χ0v) is 15.2. The van der Waals surface area contributed by atoms with Crippen LogP contribution < -0.4 is 15.6 Å². The lowest BCUT2D eigenvalue weighted by molar-refractivity contribution is -0.136. The molecule has 0 unspecified atom stereocenters. The number of hydrogen-bond acceptors (Lipinski definition) is 4. The Morgan fingerprint density at radius 3 is 2.66 bits per heavy atom. The van der Waals surface area contributed by atoms with Gasteiger partial charge in [0.15, 0.2) is 0 Å². The maximum atomic E-state index is 13.6. The van der Waals surface area contributed by atoms with Crippen LogP contribution in [-0.2, 0) is 6.18 Å². The normalized spacial score (nSPS) is 14.4. The molecule has 3 heterocycles. The highest BCUT2D eigenvalue weighted by Gasteiger charge is 2.35. The number of benzene rings is 1. The summed E-state index contributed by atoms with van der Waals surface area (Å²) in [6.45, 7) is 1.40. The number of anilines is 2. The number of nitrogens with one attached hydrogen (secondary N) is 2. The number of fused-ring (bicyclic) bond motifs is 1. The number of H-pyrrole nitrogens is 1. The minimum absolute atomic E-state index is 0.230. The van der Waals surface area contributed by atoms with Crippen molar-refractivity contribution in [3.63, 3.8) is 0 Å². The van der Waals surface area contributed by atoms with Crippen molar-refractivity contribution in [1.29, 1.82) is 0 Å². The second-order valence-electron chi connectivity index (χ2n) is 6.83. The molecule has 1 amide bonds. The van der Waals surface area contributed by atoms with E-state index in [0.29, 0.717) is 24.3 Å². The summed E-state index contributed by atoms with van der Waals surface area (Å²) < 4.78 is 40.8. The van der Waals surface area contributed by atoms with Crippen molar-refractivity contribution in [3.05, 3.63) is 64.2 Å². The van der Waals surface area contributed by atoms with Gasteiger partial charge in [-0.2, -0.15) is 13.2 Å². The van der Waals surface area contributed by atoms with E-state index >= 15 is 0 Å².